The number of ketones is 2. The molecule has 3 heteroatoms. The summed E-state index contributed by atoms with van der Waals surface area (Å²) in [5, 5.41) is 0. The van der Waals surface area contributed by atoms with Crippen molar-refractivity contribution in [3.63, 3.8) is 0 Å². The maximum Gasteiger partial charge on any atom is 1.00 e. The Hall–Kier alpha value is 0.340. The third-order valence-corrected chi connectivity index (χ3v) is 1.31. The maximum atomic E-state index is 10.5. The molecule has 46 valence electrons. The molecule has 0 saturated heterocycles. The van der Waals surface area contributed by atoms with Crippen molar-refractivity contribution < 1.29 is 40.6 Å². The Balaban J connectivity index is 0. The molecule has 0 spiro atoms. The Bertz CT molecular complexity index is 122. The van der Waals surface area contributed by atoms with Crippen LogP contribution in [0.25, 0.3) is 0 Å². The van der Waals surface area contributed by atoms with Crippen LogP contribution in [0, 0.1) is 0 Å². The molecular formula is C6H9NaO2. The second-order valence-electron chi connectivity index (χ2n) is 2.11. The van der Waals surface area contributed by atoms with E-state index in [2.05, 4.69) is 0 Å². The molecule has 1 aliphatic carbocycles. The van der Waals surface area contributed by atoms with Crippen LogP contribution in [0.3, 0.4) is 0 Å². The molecular weight excluding hydrogens is 127 g/mol. The summed E-state index contributed by atoms with van der Waals surface area (Å²) < 4.78 is 0. The molecule has 2 nitrogen and oxygen atoms in total. The minimum absolute atomic E-state index is 0. The Labute approximate surface area is 77.8 Å². The Kier molecular flexibility index (Phi) is 4.36. The molecule has 0 radical (unpaired) electrons. The molecule has 0 heterocycles. The fourth-order valence-corrected chi connectivity index (χ4v) is 0.879. The zero-order valence-corrected chi connectivity index (χ0v) is 7.64. The quantitative estimate of drug-likeness (QED) is 0.280. The van der Waals surface area contributed by atoms with Crippen LogP contribution in [0.5, 0.6) is 0 Å². The molecule has 0 aromatic carbocycles. The van der Waals surface area contributed by atoms with E-state index in [0.717, 1.165) is 6.42 Å². The summed E-state index contributed by atoms with van der Waals surface area (Å²) in [6, 6.07) is 0. The number of rotatable bonds is 0. The van der Waals surface area contributed by atoms with Crippen LogP contribution in [0.4, 0.5) is 0 Å². The van der Waals surface area contributed by atoms with Gasteiger partial charge in [0.15, 0.2) is 0 Å². The van der Waals surface area contributed by atoms with E-state index in [0.29, 0.717) is 12.8 Å². The van der Waals surface area contributed by atoms with Crippen molar-refractivity contribution in [1.29, 1.82) is 0 Å². The fraction of sp³-hybridized carbons (Fsp3) is 0.667. The number of carbonyl (C=O) groups is 2. The van der Waals surface area contributed by atoms with Crippen molar-refractivity contribution >= 4 is 11.6 Å². The van der Waals surface area contributed by atoms with Gasteiger partial charge in [-0.05, 0) is 6.42 Å². The topological polar surface area (TPSA) is 34.1 Å². The van der Waals surface area contributed by atoms with E-state index in [-0.39, 0.29) is 49.0 Å². The average Bonchev–Trinajstić information content (AvgIpc) is 1.64. The molecule has 0 aromatic rings. The SMILES string of the molecule is O=C1CCCC(=O)C1.[H-].[Na+]. The van der Waals surface area contributed by atoms with Crippen molar-refractivity contribution in [2.75, 3.05) is 0 Å². The predicted octanol–water partition coefficient (Wildman–Crippen LogP) is -2.18. The van der Waals surface area contributed by atoms with Crippen LogP contribution in [0.15, 0.2) is 0 Å². The second-order valence-corrected chi connectivity index (χ2v) is 2.11. The van der Waals surface area contributed by atoms with Gasteiger partial charge in [0.05, 0.1) is 6.42 Å². The first-order valence-electron chi connectivity index (χ1n) is 2.82. The van der Waals surface area contributed by atoms with Crippen LogP contribution in [0.1, 0.15) is 27.1 Å². The zero-order chi connectivity index (χ0) is 5.98. The van der Waals surface area contributed by atoms with E-state index in [1.807, 2.05) is 0 Å². The molecule has 0 atom stereocenters. The largest absolute Gasteiger partial charge is 1.00 e. The van der Waals surface area contributed by atoms with Crippen molar-refractivity contribution in [3.8, 4) is 0 Å². The normalized spacial score (nSPS) is 19.1. The van der Waals surface area contributed by atoms with Gasteiger partial charge in [0.25, 0.3) is 0 Å². The summed E-state index contributed by atoms with van der Waals surface area (Å²) in [7, 11) is 0. The molecule has 0 aliphatic heterocycles. The molecule has 1 rings (SSSR count). The Morgan fingerprint density at radius 3 is 1.78 bits per heavy atom. The summed E-state index contributed by atoms with van der Waals surface area (Å²) in [5.41, 5.74) is 0. The van der Waals surface area contributed by atoms with Gasteiger partial charge >= 0.3 is 29.6 Å². The number of hydrogen-bond donors (Lipinski definition) is 0. The molecule has 0 unspecified atom stereocenters. The van der Waals surface area contributed by atoms with E-state index in [1.54, 1.807) is 0 Å². The number of hydrogen-bond acceptors (Lipinski definition) is 2. The van der Waals surface area contributed by atoms with E-state index in [1.165, 1.54) is 0 Å². The predicted molar refractivity (Wildman–Crippen MR) is 29.6 cm³/mol. The minimum atomic E-state index is 0. The van der Waals surface area contributed by atoms with Gasteiger partial charge in [-0.3, -0.25) is 9.59 Å². The summed E-state index contributed by atoms with van der Waals surface area (Å²) >= 11 is 0. The van der Waals surface area contributed by atoms with E-state index >= 15 is 0 Å². The standard InChI is InChI=1S/C6H8O2.Na.H/c7-5-2-1-3-6(8)4-5;;/h1-4H2;;/q;+1;-1. The minimum Gasteiger partial charge on any atom is -1.00 e. The Morgan fingerprint density at radius 2 is 1.56 bits per heavy atom. The molecule has 0 N–H and O–H groups in total. The van der Waals surface area contributed by atoms with E-state index in [9.17, 15) is 9.59 Å². The molecule has 1 fully saturated rings. The summed E-state index contributed by atoms with van der Waals surface area (Å²) in [4.78, 5) is 20.9. The van der Waals surface area contributed by atoms with Crippen LogP contribution < -0.4 is 29.6 Å². The first-order valence-corrected chi connectivity index (χ1v) is 2.82. The van der Waals surface area contributed by atoms with Gasteiger partial charge in [-0.2, -0.15) is 0 Å². The monoisotopic (exact) mass is 136 g/mol. The second kappa shape index (κ2) is 4.20. The maximum absolute atomic E-state index is 10.5. The average molecular weight is 136 g/mol. The van der Waals surface area contributed by atoms with Gasteiger partial charge < -0.3 is 1.43 Å². The molecule has 0 aromatic heterocycles. The van der Waals surface area contributed by atoms with Gasteiger partial charge in [-0.25, -0.2) is 0 Å². The number of carbonyl (C=O) groups excluding carboxylic acids is 2. The van der Waals surface area contributed by atoms with Crippen molar-refractivity contribution in [2.45, 2.75) is 25.7 Å². The molecule has 9 heavy (non-hydrogen) atoms. The Morgan fingerprint density at radius 1 is 1.11 bits per heavy atom. The van der Waals surface area contributed by atoms with Crippen LogP contribution in [0.2, 0.25) is 0 Å². The van der Waals surface area contributed by atoms with Crippen LogP contribution in [-0.2, 0) is 9.59 Å². The van der Waals surface area contributed by atoms with Crippen molar-refractivity contribution in [1.82, 2.24) is 0 Å². The van der Waals surface area contributed by atoms with Gasteiger partial charge in [-0.15, -0.1) is 0 Å². The van der Waals surface area contributed by atoms with Gasteiger partial charge in [0.2, 0.25) is 0 Å². The summed E-state index contributed by atoms with van der Waals surface area (Å²) in [6.45, 7) is 0. The first kappa shape index (κ1) is 9.34. The third kappa shape index (κ3) is 3.14. The smallest absolute Gasteiger partial charge is 1.00 e. The number of Topliss-reactive ketones (excluding diaryl/α,β-unsaturated/α-hetero) is 2. The molecule has 1 saturated carbocycles. The molecule has 0 amide bonds. The third-order valence-electron chi connectivity index (χ3n) is 1.31. The van der Waals surface area contributed by atoms with Crippen molar-refractivity contribution in [2.24, 2.45) is 0 Å². The van der Waals surface area contributed by atoms with Gasteiger partial charge in [0, 0.05) is 12.8 Å². The first-order chi connectivity index (χ1) is 3.79. The molecule has 1 aliphatic rings. The van der Waals surface area contributed by atoms with E-state index < -0.39 is 0 Å². The van der Waals surface area contributed by atoms with Crippen LogP contribution in [-0.4, -0.2) is 11.6 Å². The zero-order valence-electron chi connectivity index (χ0n) is 6.64. The van der Waals surface area contributed by atoms with Crippen molar-refractivity contribution in [3.05, 3.63) is 0 Å². The molecule has 0 bridgehead atoms. The van der Waals surface area contributed by atoms with E-state index in [4.69, 9.17) is 0 Å². The summed E-state index contributed by atoms with van der Waals surface area (Å²) in [6.07, 6.45) is 2.20. The summed E-state index contributed by atoms with van der Waals surface area (Å²) in [5.74, 6) is 0.225. The van der Waals surface area contributed by atoms with Gasteiger partial charge in [-0.1, -0.05) is 0 Å². The fourth-order valence-electron chi connectivity index (χ4n) is 0.879. The van der Waals surface area contributed by atoms with Crippen LogP contribution >= 0.6 is 0 Å². The van der Waals surface area contributed by atoms with Gasteiger partial charge in [0.1, 0.15) is 11.6 Å².